The molecule has 2 aromatic carbocycles. The second kappa shape index (κ2) is 10.1. The number of anilines is 1. The van der Waals surface area contributed by atoms with Gasteiger partial charge in [-0.05, 0) is 11.6 Å². The highest BCUT2D eigenvalue weighted by atomic mass is 19.4. The van der Waals surface area contributed by atoms with E-state index in [4.69, 9.17) is 4.74 Å². The van der Waals surface area contributed by atoms with Gasteiger partial charge in [0.25, 0.3) is 0 Å². The van der Waals surface area contributed by atoms with Crippen LogP contribution < -0.4 is 5.32 Å². The van der Waals surface area contributed by atoms with Crippen LogP contribution in [0.3, 0.4) is 0 Å². The van der Waals surface area contributed by atoms with Crippen molar-refractivity contribution >= 4 is 11.6 Å². The predicted molar refractivity (Wildman–Crippen MR) is 99.5 cm³/mol. The molecular formula is C20H23F3N2O2. The van der Waals surface area contributed by atoms with Gasteiger partial charge < -0.3 is 10.1 Å². The average Bonchev–Trinajstić information content (AvgIpc) is 2.64. The van der Waals surface area contributed by atoms with Crippen molar-refractivity contribution in [2.45, 2.75) is 12.6 Å². The number of hydrogen-bond donors (Lipinski definition) is 1. The third-order valence-corrected chi connectivity index (χ3v) is 3.96. The number of nitrogens with zero attached hydrogens (tertiary/aromatic N) is 1. The van der Waals surface area contributed by atoms with Gasteiger partial charge in [0.05, 0.1) is 13.2 Å². The highest BCUT2D eigenvalue weighted by molar-refractivity contribution is 5.95. The van der Waals surface area contributed by atoms with E-state index in [1.807, 2.05) is 42.5 Å². The highest BCUT2D eigenvalue weighted by Crippen LogP contribution is 2.27. The molecule has 146 valence electrons. The van der Waals surface area contributed by atoms with Crippen LogP contribution in [0, 0.1) is 0 Å². The number of halogens is 3. The Morgan fingerprint density at radius 1 is 1.04 bits per heavy atom. The van der Waals surface area contributed by atoms with E-state index in [0.717, 1.165) is 11.1 Å². The number of amides is 1. The molecule has 0 atom stereocenters. The molecular weight excluding hydrogens is 357 g/mol. The van der Waals surface area contributed by atoms with Gasteiger partial charge in [-0.25, -0.2) is 0 Å². The fraction of sp³-hybridized carbons (Fsp3) is 0.350. The maximum atomic E-state index is 12.7. The summed E-state index contributed by atoms with van der Waals surface area (Å²) in [6.07, 6.45) is -4.35. The Morgan fingerprint density at radius 2 is 1.70 bits per heavy atom. The van der Waals surface area contributed by atoms with Crippen molar-refractivity contribution in [3.05, 3.63) is 54.6 Å². The molecule has 27 heavy (non-hydrogen) atoms. The summed E-state index contributed by atoms with van der Waals surface area (Å²) in [5, 5.41) is 2.81. The van der Waals surface area contributed by atoms with Crippen LogP contribution >= 0.6 is 0 Å². The molecule has 0 aliphatic heterocycles. The second-order valence-corrected chi connectivity index (χ2v) is 6.09. The van der Waals surface area contributed by atoms with E-state index in [1.165, 1.54) is 12.0 Å². The summed E-state index contributed by atoms with van der Waals surface area (Å²) in [6.45, 7) is -0.773. The number of nitrogens with one attached hydrogen (secondary N) is 1. The minimum Gasteiger partial charge on any atom is -0.383 e. The van der Waals surface area contributed by atoms with Crippen molar-refractivity contribution in [3.63, 3.8) is 0 Å². The molecule has 0 radical (unpaired) electrons. The summed E-state index contributed by atoms with van der Waals surface area (Å²) >= 11 is 0. The van der Waals surface area contributed by atoms with Crippen molar-refractivity contribution in [3.8, 4) is 11.1 Å². The number of rotatable bonds is 9. The van der Waals surface area contributed by atoms with Gasteiger partial charge in [0.15, 0.2) is 0 Å². The van der Waals surface area contributed by atoms with E-state index in [1.54, 1.807) is 12.1 Å². The lowest BCUT2D eigenvalue weighted by atomic mass is 10.0. The van der Waals surface area contributed by atoms with Crippen molar-refractivity contribution in [1.29, 1.82) is 0 Å². The lowest BCUT2D eigenvalue weighted by Gasteiger charge is -2.23. The van der Waals surface area contributed by atoms with E-state index in [0.29, 0.717) is 5.69 Å². The van der Waals surface area contributed by atoms with Crippen LogP contribution in [-0.2, 0) is 9.53 Å². The van der Waals surface area contributed by atoms with Crippen LogP contribution in [0.15, 0.2) is 54.6 Å². The van der Waals surface area contributed by atoms with Crippen molar-refractivity contribution in [2.24, 2.45) is 0 Å². The summed E-state index contributed by atoms with van der Waals surface area (Å²) in [5.41, 5.74) is 2.44. The van der Waals surface area contributed by atoms with Gasteiger partial charge in [0, 0.05) is 37.9 Å². The first kappa shape index (κ1) is 20.9. The molecule has 4 nitrogen and oxygen atoms in total. The molecule has 2 aromatic rings. The molecule has 0 bridgehead atoms. The topological polar surface area (TPSA) is 41.6 Å². The molecule has 0 fully saturated rings. The summed E-state index contributed by atoms with van der Waals surface area (Å²) in [6, 6.07) is 16.9. The molecule has 2 rings (SSSR count). The van der Waals surface area contributed by atoms with Crippen LogP contribution in [0.2, 0.25) is 0 Å². The monoisotopic (exact) mass is 380 g/mol. The van der Waals surface area contributed by atoms with Gasteiger partial charge in [0.2, 0.25) is 5.91 Å². The van der Waals surface area contributed by atoms with Gasteiger partial charge in [0.1, 0.15) is 0 Å². The van der Waals surface area contributed by atoms with Gasteiger partial charge in [-0.3, -0.25) is 9.69 Å². The van der Waals surface area contributed by atoms with Crippen LogP contribution in [0.25, 0.3) is 11.1 Å². The summed E-state index contributed by atoms with van der Waals surface area (Å²) in [7, 11) is 1.43. The smallest absolute Gasteiger partial charge is 0.383 e. The molecule has 7 heteroatoms. The number of ether oxygens (including phenoxy) is 1. The largest absolute Gasteiger partial charge is 0.401 e. The average molecular weight is 380 g/mol. The van der Waals surface area contributed by atoms with Crippen LogP contribution in [-0.4, -0.2) is 50.3 Å². The zero-order valence-electron chi connectivity index (χ0n) is 15.1. The first-order valence-electron chi connectivity index (χ1n) is 8.61. The van der Waals surface area contributed by atoms with E-state index >= 15 is 0 Å². The molecule has 0 aromatic heterocycles. The number of carbonyl (C=O) groups is 1. The standard InChI is InChI=1S/C20H23F3N2O2/c1-27-14-13-25(15-20(21,22)23)12-11-19(26)24-18-10-6-5-9-17(18)16-7-3-2-4-8-16/h2-10H,11-15H2,1H3,(H,24,26). The minimum absolute atomic E-state index is 0.00219. The molecule has 0 unspecified atom stereocenters. The molecule has 0 aliphatic rings. The predicted octanol–water partition coefficient (Wildman–Crippen LogP) is 4.19. The fourth-order valence-corrected chi connectivity index (χ4v) is 2.68. The molecule has 0 heterocycles. The van der Waals surface area contributed by atoms with Gasteiger partial charge >= 0.3 is 6.18 Å². The molecule has 1 amide bonds. The first-order chi connectivity index (χ1) is 12.9. The van der Waals surface area contributed by atoms with E-state index < -0.39 is 12.7 Å². The third-order valence-electron chi connectivity index (χ3n) is 3.96. The molecule has 0 saturated heterocycles. The van der Waals surface area contributed by atoms with Crippen LogP contribution in [0.1, 0.15) is 6.42 Å². The summed E-state index contributed by atoms with van der Waals surface area (Å²) in [4.78, 5) is 13.5. The van der Waals surface area contributed by atoms with Crippen LogP contribution in [0.4, 0.5) is 18.9 Å². The maximum absolute atomic E-state index is 12.7. The van der Waals surface area contributed by atoms with E-state index in [2.05, 4.69) is 5.32 Å². The highest BCUT2D eigenvalue weighted by Gasteiger charge is 2.30. The molecule has 0 aliphatic carbocycles. The van der Waals surface area contributed by atoms with Crippen molar-refractivity contribution < 1.29 is 22.7 Å². The second-order valence-electron chi connectivity index (χ2n) is 6.09. The SMILES string of the molecule is COCCN(CCC(=O)Nc1ccccc1-c1ccccc1)CC(F)(F)F. The Labute approximate surface area is 156 Å². The summed E-state index contributed by atoms with van der Waals surface area (Å²) < 4.78 is 42.8. The van der Waals surface area contributed by atoms with Crippen molar-refractivity contribution in [2.75, 3.05) is 38.7 Å². The molecule has 0 saturated carbocycles. The number of carbonyl (C=O) groups excluding carboxylic acids is 1. The Bertz CT molecular complexity index is 721. The zero-order valence-corrected chi connectivity index (χ0v) is 15.1. The molecule has 0 spiro atoms. The maximum Gasteiger partial charge on any atom is 0.401 e. The Morgan fingerprint density at radius 3 is 2.37 bits per heavy atom. The third kappa shape index (κ3) is 7.40. The zero-order chi connectivity index (χ0) is 19.7. The quantitative estimate of drug-likeness (QED) is 0.709. The number of para-hydroxylation sites is 1. The summed E-state index contributed by atoms with van der Waals surface area (Å²) in [5.74, 6) is -0.331. The number of benzene rings is 2. The van der Waals surface area contributed by atoms with Crippen LogP contribution in [0.5, 0.6) is 0 Å². The lowest BCUT2D eigenvalue weighted by molar-refractivity contribution is -0.148. The van der Waals surface area contributed by atoms with Gasteiger partial charge in [-0.2, -0.15) is 13.2 Å². The lowest BCUT2D eigenvalue weighted by Crippen LogP contribution is -2.38. The Hall–Kier alpha value is -2.38. The van der Waals surface area contributed by atoms with E-state index in [9.17, 15) is 18.0 Å². The number of alkyl halides is 3. The normalized spacial score (nSPS) is 11.6. The Kier molecular flexibility index (Phi) is 7.82. The number of hydrogen-bond acceptors (Lipinski definition) is 3. The number of methoxy groups -OCH3 is 1. The Balaban J connectivity index is 1.99. The van der Waals surface area contributed by atoms with Gasteiger partial charge in [-0.15, -0.1) is 0 Å². The van der Waals surface area contributed by atoms with Gasteiger partial charge in [-0.1, -0.05) is 48.5 Å². The first-order valence-corrected chi connectivity index (χ1v) is 8.61. The molecule has 1 N–H and O–H groups in total. The van der Waals surface area contributed by atoms with Crippen molar-refractivity contribution in [1.82, 2.24) is 4.90 Å². The fourth-order valence-electron chi connectivity index (χ4n) is 2.68. The minimum atomic E-state index is -4.32. The van der Waals surface area contributed by atoms with E-state index in [-0.39, 0.29) is 32.0 Å².